The Morgan fingerprint density at radius 2 is 1.58 bits per heavy atom. The number of ketones is 1. The number of carboxylic acids is 1. The van der Waals surface area contributed by atoms with E-state index in [0.717, 1.165) is 12.8 Å². The first kappa shape index (κ1) is 17.9. The van der Waals surface area contributed by atoms with E-state index in [4.69, 9.17) is 5.11 Å². The van der Waals surface area contributed by atoms with Crippen LogP contribution in [0.3, 0.4) is 0 Å². The summed E-state index contributed by atoms with van der Waals surface area (Å²) in [6.45, 7) is 5.49. The lowest BCUT2D eigenvalue weighted by Gasteiger charge is -2.07. The van der Waals surface area contributed by atoms with Crippen molar-refractivity contribution in [1.82, 2.24) is 0 Å². The van der Waals surface area contributed by atoms with E-state index in [2.05, 4.69) is 6.92 Å². The Morgan fingerprint density at radius 3 is 2.05 bits per heavy atom. The van der Waals surface area contributed by atoms with E-state index >= 15 is 0 Å². The van der Waals surface area contributed by atoms with Crippen molar-refractivity contribution in [2.75, 3.05) is 0 Å². The minimum absolute atomic E-state index is 0.0737. The number of allylic oxidation sites excluding steroid dienone is 1. The Labute approximate surface area is 117 Å². The Morgan fingerprint density at radius 1 is 1.05 bits per heavy atom. The van der Waals surface area contributed by atoms with Crippen molar-refractivity contribution in [2.45, 2.75) is 72.1 Å². The maximum atomic E-state index is 11.1. The van der Waals surface area contributed by atoms with Crippen LogP contribution in [-0.4, -0.2) is 16.9 Å². The Hall–Kier alpha value is -1.12. The predicted octanol–water partition coefficient (Wildman–Crippen LogP) is 4.36. The van der Waals surface area contributed by atoms with Gasteiger partial charge in [-0.2, -0.15) is 0 Å². The van der Waals surface area contributed by atoms with Gasteiger partial charge in [-0.1, -0.05) is 64.9 Å². The zero-order valence-electron chi connectivity index (χ0n) is 12.6. The van der Waals surface area contributed by atoms with Crippen LogP contribution >= 0.6 is 0 Å². The average Bonchev–Trinajstić information content (AvgIpc) is 2.34. The summed E-state index contributed by atoms with van der Waals surface area (Å²) in [5, 5.41) is 8.90. The molecule has 3 nitrogen and oxygen atoms in total. The third-order valence-electron chi connectivity index (χ3n) is 3.32. The van der Waals surface area contributed by atoms with E-state index in [1.165, 1.54) is 45.4 Å². The number of carbonyl (C=O) groups excluding carboxylic acids is 1. The minimum atomic E-state index is -1.11. The second-order valence-electron chi connectivity index (χ2n) is 5.33. The normalized spacial score (nSPS) is 13.3. The van der Waals surface area contributed by atoms with Gasteiger partial charge in [0.05, 0.1) is 5.57 Å². The van der Waals surface area contributed by atoms with E-state index in [9.17, 15) is 9.59 Å². The van der Waals surface area contributed by atoms with Crippen LogP contribution in [-0.2, 0) is 9.59 Å². The molecule has 0 aromatic heterocycles. The Kier molecular flexibility index (Phi) is 10.1. The van der Waals surface area contributed by atoms with Gasteiger partial charge in [0.25, 0.3) is 0 Å². The third-order valence-corrected chi connectivity index (χ3v) is 3.32. The molecule has 110 valence electrons. The molecule has 0 aromatic rings. The zero-order valence-corrected chi connectivity index (χ0v) is 12.6. The number of rotatable bonds is 11. The summed E-state index contributed by atoms with van der Waals surface area (Å²) in [4.78, 5) is 22.0. The number of hydrogen-bond acceptors (Lipinski definition) is 2. The van der Waals surface area contributed by atoms with Gasteiger partial charge in [0.15, 0.2) is 5.78 Å². The van der Waals surface area contributed by atoms with Gasteiger partial charge in [-0.25, -0.2) is 4.79 Å². The molecule has 0 amide bonds. The lowest BCUT2D eigenvalue weighted by atomic mass is 9.98. The van der Waals surface area contributed by atoms with E-state index in [-0.39, 0.29) is 17.3 Å². The standard InChI is InChI=1S/C16H28O3/c1-4-5-6-7-8-9-10-11-13(2)12-15(14(3)17)16(18)19/h12-13H,4-11H2,1-3H3,(H,18,19)/b15-12-. The van der Waals surface area contributed by atoms with E-state index in [0.29, 0.717) is 0 Å². The minimum Gasteiger partial charge on any atom is -0.478 e. The van der Waals surface area contributed by atoms with Crippen molar-refractivity contribution in [2.24, 2.45) is 5.92 Å². The van der Waals surface area contributed by atoms with Crippen LogP contribution < -0.4 is 0 Å². The average molecular weight is 268 g/mol. The van der Waals surface area contributed by atoms with Crippen LogP contribution in [0.1, 0.15) is 72.1 Å². The molecular weight excluding hydrogens is 240 g/mol. The summed E-state index contributed by atoms with van der Waals surface area (Å²) < 4.78 is 0. The van der Waals surface area contributed by atoms with Gasteiger partial charge in [-0.15, -0.1) is 0 Å². The lowest BCUT2D eigenvalue weighted by molar-refractivity contribution is -0.134. The van der Waals surface area contributed by atoms with E-state index in [1.54, 1.807) is 6.08 Å². The fourth-order valence-corrected chi connectivity index (χ4v) is 2.13. The molecule has 0 rings (SSSR count). The molecule has 1 unspecified atom stereocenters. The number of aliphatic carboxylic acids is 1. The first-order valence-corrected chi connectivity index (χ1v) is 7.45. The summed E-state index contributed by atoms with van der Waals surface area (Å²) in [6.07, 6.45) is 11.3. The predicted molar refractivity (Wildman–Crippen MR) is 78.2 cm³/mol. The van der Waals surface area contributed by atoms with Crippen LogP contribution in [0.15, 0.2) is 11.6 Å². The topological polar surface area (TPSA) is 54.4 Å². The number of Topliss-reactive ketones (excluding diaryl/α,β-unsaturated/α-hetero) is 1. The van der Waals surface area contributed by atoms with Gasteiger partial charge >= 0.3 is 5.97 Å². The molecule has 0 saturated carbocycles. The van der Waals surface area contributed by atoms with Crippen molar-refractivity contribution in [3.8, 4) is 0 Å². The van der Waals surface area contributed by atoms with Gasteiger partial charge < -0.3 is 5.11 Å². The maximum absolute atomic E-state index is 11.1. The van der Waals surface area contributed by atoms with Crippen LogP contribution in [0.4, 0.5) is 0 Å². The molecule has 0 saturated heterocycles. The zero-order chi connectivity index (χ0) is 14.7. The van der Waals surface area contributed by atoms with Crippen molar-refractivity contribution < 1.29 is 14.7 Å². The van der Waals surface area contributed by atoms with Crippen molar-refractivity contribution in [1.29, 1.82) is 0 Å². The highest BCUT2D eigenvalue weighted by atomic mass is 16.4. The molecular formula is C16H28O3. The maximum Gasteiger partial charge on any atom is 0.338 e. The summed E-state index contributed by atoms with van der Waals surface area (Å²) in [5.41, 5.74) is -0.0737. The van der Waals surface area contributed by atoms with Crippen molar-refractivity contribution >= 4 is 11.8 Å². The van der Waals surface area contributed by atoms with Gasteiger partial charge in [0.2, 0.25) is 0 Å². The lowest BCUT2D eigenvalue weighted by Crippen LogP contribution is -2.10. The molecule has 0 spiro atoms. The number of carbonyl (C=O) groups is 2. The Balaban J connectivity index is 3.85. The summed E-state index contributed by atoms with van der Waals surface area (Å²) in [6, 6.07) is 0. The van der Waals surface area contributed by atoms with Crippen LogP contribution in [0.25, 0.3) is 0 Å². The fourth-order valence-electron chi connectivity index (χ4n) is 2.13. The second-order valence-corrected chi connectivity index (χ2v) is 5.33. The smallest absolute Gasteiger partial charge is 0.338 e. The highest BCUT2D eigenvalue weighted by Gasteiger charge is 2.13. The molecule has 0 heterocycles. The molecule has 0 aromatic carbocycles. The molecule has 0 fully saturated rings. The number of hydrogen-bond donors (Lipinski definition) is 1. The SMILES string of the molecule is CCCCCCCCCC(C)/C=C(/C(C)=O)C(=O)O. The molecule has 0 aliphatic heterocycles. The van der Waals surface area contributed by atoms with Gasteiger partial charge in [-0.05, 0) is 19.3 Å². The van der Waals surface area contributed by atoms with Gasteiger partial charge in [0, 0.05) is 0 Å². The highest BCUT2D eigenvalue weighted by molar-refractivity contribution is 6.15. The number of unbranched alkanes of at least 4 members (excludes halogenated alkanes) is 6. The van der Waals surface area contributed by atoms with Gasteiger partial charge in [0.1, 0.15) is 0 Å². The molecule has 0 bridgehead atoms. The second kappa shape index (κ2) is 10.8. The van der Waals surface area contributed by atoms with Crippen LogP contribution in [0, 0.1) is 5.92 Å². The molecule has 3 heteroatoms. The monoisotopic (exact) mass is 268 g/mol. The largest absolute Gasteiger partial charge is 0.478 e. The van der Waals surface area contributed by atoms with Crippen molar-refractivity contribution in [3.63, 3.8) is 0 Å². The van der Waals surface area contributed by atoms with E-state index in [1.807, 2.05) is 6.92 Å². The fraction of sp³-hybridized carbons (Fsp3) is 0.750. The van der Waals surface area contributed by atoms with Crippen molar-refractivity contribution in [3.05, 3.63) is 11.6 Å². The Bertz CT molecular complexity index is 289. The summed E-state index contributed by atoms with van der Waals surface area (Å²) in [5.74, 6) is -1.32. The number of carboxylic acid groups (broad SMARTS) is 1. The van der Waals surface area contributed by atoms with Crippen LogP contribution in [0.2, 0.25) is 0 Å². The van der Waals surface area contributed by atoms with Crippen LogP contribution in [0.5, 0.6) is 0 Å². The molecule has 0 aliphatic rings. The first-order chi connectivity index (χ1) is 8.99. The molecule has 0 radical (unpaired) electrons. The first-order valence-electron chi connectivity index (χ1n) is 7.45. The summed E-state index contributed by atoms with van der Waals surface area (Å²) >= 11 is 0. The molecule has 19 heavy (non-hydrogen) atoms. The summed E-state index contributed by atoms with van der Waals surface area (Å²) in [7, 11) is 0. The molecule has 1 atom stereocenters. The van der Waals surface area contributed by atoms with Gasteiger partial charge in [-0.3, -0.25) is 4.79 Å². The quantitative estimate of drug-likeness (QED) is 0.262. The van der Waals surface area contributed by atoms with E-state index < -0.39 is 5.97 Å². The molecule has 1 N–H and O–H groups in total. The highest BCUT2D eigenvalue weighted by Crippen LogP contribution is 2.15. The molecule has 0 aliphatic carbocycles. The third kappa shape index (κ3) is 9.46.